The van der Waals surface area contributed by atoms with E-state index >= 15 is 0 Å². The number of aryl methyl sites for hydroxylation is 1. The normalized spacial score (nSPS) is 15.6. The smallest absolute Gasteiger partial charge is 0.241 e. The van der Waals surface area contributed by atoms with E-state index < -0.39 is 0 Å². The van der Waals surface area contributed by atoms with Gasteiger partial charge in [0.15, 0.2) is 0 Å². The van der Waals surface area contributed by atoms with E-state index in [1.165, 1.54) is 0 Å². The molecule has 2 amide bonds. The van der Waals surface area contributed by atoms with Crippen LogP contribution in [0, 0.1) is 11.3 Å². The van der Waals surface area contributed by atoms with Gasteiger partial charge in [0.1, 0.15) is 0 Å². The van der Waals surface area contributed by atoms with Crippen LogP contribution >= 0.6 is 0 Å². The summed E-state index contributed by atoms with van der Waals surface area (Å²) in [5.74, 6) is -0.116. The van der Waals surface area contributed by atoms with E-state index in [1.54, 1.807) is 24.3 Å². The SMILES string of the molecule is CCc1ccccc1NC(=O)CN1CCN(C(C)C(=O)Nc2cccc(C#N)c2)CC1. The lowest BCUT2D eigenvalue weighted by Crippen LogP contribution is -2.53. The van der Waals surface area contributed by atoms with Crippen LogP contribution in [0.25, 0.3) is 0 Å². The molecule has 31 heavy (non-hydrogen) atoms. The monoisotopic (exact) mass is 419 g/mol. The zero-order chi connectivity index (χ0) is 22.2. The molecular formula is C24H29N5O2. The van der Waals surface area contributed by atoms with Gasteiger partial charge in [-0.2, -0.15) is 5.26 Å². The largest absolute Gasteiger partial charge is 0.325 e. The van der Waals surface area contributed by atoms with Crippen molar-refractivity contribution >= 4 is 23.2 Å². The highest BCUT2D eigenvalue weighted by atomic mass is 16.2. The number of amides is 2. The Labute approximate surface area is 183 Å². The van der Waals surface area contributed by atoms with Crippen molar-refractivity contribution in [3.05, 3.63) is 59.7 Å². The third kappa shape index (κ3) is 6.14. The van der Waals surface area contributed by atoms with Gasteiger partial charge in [-0.05, 0) is 43.2 Å². The first-order chi connectivity index (χ1) is 15.0. The molecule has 0 aromatic heterocycles. The Morgan fingerprint density at radius 3 is 2.52 bits per heavy atom. The lowest BCUT2D eigenvalue weighted by molar-refractivity contribution is -0.122. The minimum absolute atomic E-state index is 0.0162. The maximum Gasteiger partial charge on any atom is 0.241 e. The number of nitrogens with one attached hydrogen (secondary N) is 2. The molecule has 7 heteroatoms. The van der Waals surface area contributed by atoms with Crippen molar-refractivity contribution in [2.45, 2.75) is 26.3 Å². The Balaban J connectivity index is 1.46. The molecule has 3 rings (SSSR count). The van der Waals surface area contributed by atoms with Gasteiger partial charge in [0.05, 0.1) is 24.2 Å². The second-order valence-corrected chi connectivity index (χ2v) is 7.73. The molecule has 1 unspecified atom stereocenters. The predicted molar refractivity (Wildman–Crippen MR) is 122 cm³/mol. The van der Waals surface area contributed by atoms with Gasteiger partial charge in [-0.3, -0.25) is 19.4 Å². The number of hydrogen-bond acceptors (Lipinski definition) is 5. The number of rotatable bonds is 7. The number of carbonyl (C=O) groups is 2. The zero-order valence-electron chi connectivity index (χ0n) is 18.1. The maximum absolute atomic E-state index is 12.6. The number of carbonyl (C=O) groups excluding carboxylic acids is 2. The van der Waals surface area contributed by atoms with E-state index in [4.69, 9.17) is 5.26 Å². The van der Waals surface area contributed by atoms with Gasteiger partial charge in [0, 0.05) is 37.6 Å². The van der Waals surface area contributed by atoms with Crippen LogP contribution in [0.1, 0.15) is 25.0 Å². The predicted octanol–water partition coefficient (Wildman–Crippen LogP) is 2.70. The van der Waals surface area contributed by atoms with Crippen LogP contribution in [0.15, 0.2) is 48.5 Å². The average molecular weight is 420 g/mol. The number of nitrogens with zero attached hydrogens (tertiary/aromatic N) is 3. The fraction of sp³-hybridized carbons (Fsp3) is 0.375. The number of hydrogen-bond donors (Lipinski definition) is 2. The van der Waals surface area contributed by atoms with Gasteiger partial charge in [-0.25, -0.2) is 0 Å². The lowest BCUT2D eigenvalue weighted by Gasteiger charge is -2.37. The van der Waals surface area contributed by atoms with E-state index in [0.717, 1.165) is 30.8 Å². The first-order valence-corrected chi connectivity index (χ1v) is 10.7. The Hall–Kier alpha value is -3.21. The molecule has 1 fully saturated rings. The fourth-order valence-electron chi connectivity index (χ4n) is 3.73. The molecule has 0 saturated carbocycles. The molecular weight excluding hydrogens is 390 g/mol. The Morgan fingerprint density at radius 2 is 1.81 bits per heavy atom. The van der Waals surface area contributed by atoms with Gasteiger partial charge in [0.2, 0.25) is 11.8 Å². The summed E-state index contributed by atoms with van der Waals surface area (Å²) in [6.45, 7) is 7.18. The summed E-state index contributed by atoms with van der Waals surface area (Å²) in [6.07, 6.45) is 0.871. The highest BCUT2D eigenvalue weighted by molar-refractivity contribution is 5.95. The summed E-state index contributed by atoms with van der Waals surface area (Å²) in [7, 11) is 0. The standard InChI is InChI=1S/C24H29N5O2/c1-3-20-8-4-5-10-22(20)27-23(30)17-28-11-13-29(14-12-28)18(2)24(31)26-21-9-6-7-19(15-21)16-25/h4-10,15,18H,3,11-14,17H2,1-2H3,(H,26,31)(H,27,30). The van der Waals surface area contributed by atoms with Crippen molar-refractivity contribution < 1.29 is 9.59 Å². The van der Waals surface area contributed by atoms with E-state index in [0.29, 0.717) is 30.9 Å². The van der Waals surface area contributed by atoms with E-state index in [-0.39, 0.29) is 17.9 Å². The molecule has 162 valence electrons. The van der Waals surface area contributed by atoms with Crippen LogP contribution in [0.3, 0.4) is 0 Å². The molecule has 0 aliphatic carbocycles. The molecule has 1 atom stereocenters. The van der Waals surface area contributed by atoms with Crippen LogP contribution < -0.4 is 10.6 Å². The molecule has 0 bridgehead atoms. The van der Waals surface area contributed by atoms with Crippen molar-refractivity contribution in [1.29, 1.82) is 5.26 Å². The Kier molecular flexibility index (Phi) is 7.76. The summed E-state index contributed by atoms with van der Waals surface area (Å²) >= 11 is 0. The molecule has 2 aromatic rings. The number of piperazine rings is 1. The highest BCUT2D eigenvalue weighted by Crippen LogP contribution is 2.16. The zero-order valence-corrected chi connectivity index (χ0v) is 18.1. The van der Waals surface area contributed by atoms with Crippen LogP contribution in [-0.2, 0) is 16.0 Å². The molecule has 0 radical (unpaired) electrons. The van der Waals surface area contributed by atoms with Crippen molar-refractivity contribution in [2.24, 2.45) is 0 Å². The second-order valence-electron chi connectivity index (χ2n) is 7.73. The van der Waals surface area contributed by atoms with E-state index in [1.807, 2.05) is 31.2 Å². The van der Waals surface area contributed by atoms with Gasteiger partial charge in [-0.1, -0.05) is 31.2 Å². The average Bonchev–Trinajstić information content (AvgIpc) is 2.79. The summed E-state index contributed by atoms with van der Waals surface area (Å²) < 4.78 is 0. The van der Waals surface area contributed by atoms with Crippen molar-refractivity contribution in [3.8, 4) is 6.07 Å². The minimum Gasteiger partial charge on any atom is -0.325 e. The molecule has 2 aromatic carbocycles. The maximum atomic E-state index is 12.6. The summed E-state index contributed by atoms with van der Waals surface area (Å²) in [5, 5.41) is 14.9. The number of anilines is 2. The fourth-order valence-corrected chi connectivity index (χ4v) is 3.73. The van der Waals surface area contributed by atoms with Crippen LogP contribution in [0.4, 0.5) is 11.4 Å². The van der Waals surface area contributed by atoms with E-state index in [2.05, 4.69) is 33.4 Å². The second kappa shape index (κ2) is 10.7. The molecule has 1 heterocycles. The highest BCUT2D eigenvalue weighted by Gasteiger charge is 2.26. The van der Waals surface area contributed by atoms with Gasteiger partial charge in [0.25, 0.3) is 0 Å². The first kappa shape index (κ1) is 22.5. The van der Waals surface area contributed by atoms with Gasteiger partial charge >= 0.3 is 0 Å². The third-order valence-electron chi connectivity index (χ3n) is 5.63. The van der Waals surface area contributed by atoms with Gasteiger partial charge in [-0.15, -0.1) is 0 Å². The molecule has 2 N–H and O–H groups in total. The summed E-state index contributed by atoms with van der Waals surface area (Å²) in [6, 6.07) is 16.5. The molecule has 1 aliphatic rings. The van der Waals surface area contributed by atoms with Crippen LogP contribution in [0.2, 0.25) is 0 Å². The number of nitriles is 1. The number of para-hydroxylation sites is 1. The summed E-state index contributed by atoms with van der Waals surface area (Å²) in [4.78, 5) is 29.3. The Morgan fingerprint density at radius 1 is 1.06 bits per heavy atom. The van der Waals surface area contributed by atoms with E-state index in [9.17, 15) is 9.59 Å². The first-order valence-electron chi connectivity index (χ1n) is 10.7. The molecule has 7 nitrogen and oxygen atoms in total. The summed E-state index contributed by atoms with van der Waals surface area (Å²) in [5.41, 5.74) is 3.14. The van der Waals surface area contributed by atoms with Gasteiger partial charge < -0.3 is 10.6 Å². The van der Waals surface area contributed by atoms with Crippen LogP contribution in [-0.4, -0.2) is 60.4 Å². The molecule has 0 spiro atoms. The lowest BCUT2D eigenvalue weighted by atomic mass is 10.1. The molecule has 1 saturated heterocycles. The van der Waals surface area contributed by atoms with Crippen molar-refractivity contribution in [3.63, 3.8) is 0 Å². The number of benzene rings is 2. The van der Waals surface area contributed by atoms with Crippen molar-refractivity contribution in [2.75, 3.05) is 43.4 Å². The van der Waals surface area contributed by atoms with Crippen molar-refractivity contribution in [1.82, 2.24) is 9.80 Å². The minimum atomic E-state index is -0.293. The topological polar surface area (TPSA) is 88.5 Å². The quantitative estimate of drug-likeness (QED) is 0.720. The Bertz CT molecular complexity index is 960. The third-order valence-corrected chi connectivity index (χ3v) is 5.63. The molecule has 1 aliphatic heterocycles. The van der Waals surface area contributed by atoms with Crippen LogP contribution in [0.5, 0.6) is 0 Å².